The van der Waals surface area contributed by atoms with Crippen LogP contribution >= 0.6 is 0 Å². The fraction of sp³-hybridized carbons (Fsp3) is 0.706. The van der Waals surface area contributed by atoms with Crippen LogP contribution in [-0.4, -0.2) is 33.1 Å². The summed E-state index contributed by atoms with van der Waals surface area (Å²) >= 11 is 0. The first kappa shape index (κ1) is 17.1. The van der Waals surface area contributed by atoms with Crippen LogP contribution in [0.15, 0.2) is 16.9 Å². The number of hydrogen-bond donors (Lipinski definition) is 1. The molecule has 0 aromatic carbocycles. The number of aryl methyl sites for hydroxylation is 2. The van der Waals surface area contributed by atoms with E-state index < -0.39 is 0 Å². The largest absolute Gasteiger partial charge is 0.373 e. The zero-order chi connectivity index (χ0) is 16.9. The van der Waals surface area contributed by atoms with Crippen LogP contribution in [0.1, 0.15) is 63.0 Å². The summed E-state index contributed by atoms with van der Waals surface area (Å²) < 4.78 is 13.2. The summed E-state index contributed by atoms with van der Waals surface area (Å²) in [6.45, 7) is 8.79. The normalized spacial score (nSPS) is 22.1. The van der Waals surface area contributed by atoms with E-state index in [2.05, 4.69) is 47.5 Å². The Bertz CT molecular complexity index is 638. The quantitative estimate of drug-likeness (QED) is 0.800. The van der Waals surface area contributed by atoms with E-state index in [1.54, 1.807) is 0 Å². The topological polar surface area (TPSA) is 78.0 Å². The second-order valence-corrected chi connectivity index (χ2v) is 6.40. The van der Waals surface area contributed by atoms with Gasteiger partial charge in [0.15, 0.2) is 5.82 Å². The number of aromatic nitrogens is 4. The van der Waals surface area contributed by atoms with Crippen molar-refractivity contribution < 1.29 is 9.26 Å². The van der Waals surface area contributed by atoms with Crippen LogP contribution in [0.25, 0.3) is 0 Å². The van der Waals surface area contributed by atoms with Gasteiger partial charge in [-0.15, -0.1) is 0 Å². The minimum atomic E-state index is 0.0442. The van der Waals surface area contributed by atoms with Crippen molar-refractivity contribution in [3.63, 3.8) is 0 Å². The highest BCUT2D eigenvalue weighted by molar-refractivity contribution is 5.11. The fourth-order valence-electron chi connectivity index (χ4n) is 3.09. The summed E-state index contributed by atoms with van der Waals surface area (Å²) in [5.41, 5.74) is 1.16. The smallest absolute Gasteiger partial charge is 0.243 e. The van der Waals surface area contributed by atoms with E-state index in [1.165, 1.54) is 0 Å². The van der Waals surface area contributed by atoms with E-state index in [9.17, 15) is 0 Å². The lowest BCUT2D eigenvalue weighted by Crippen LogP contribution is -2.27. The standard InChI is InChI=1S/C17H27N5O2/c1-4-6-15-20-17(24-21-15)12(3)18-9-13-7-8-23-16(13)14-10-19-22(5-2)11-14/h10-13,16,18H,4-9H2,1-3H3/t12-,13+,16+/m0/s1. The lowest BCUT2D eigenvalue weighted by molar-refractivity contribution is 0.0895. The maximum absolute atomic E-state index is 5.94. The molecular weight excluding hydrogens is 306 g/mol. The SMILES string of the molecule is CCCc1noc([C@H](C)NC[C@H]2CCO[C@H]2c2cnn(CC)c2)n1. The second kappa shape index (κ2) is 7.90. The predicted molar refractivity (Wildman–Crippen MR) is 89.4 cm³/mol. The Hall–Kier alpha value is -1.73. The molecule has 0 saturated carbocycles. The van der Waals surface area contributed by atoms with Crippen LogP contribution in [0, 0.1) is 5.92 Å². The van der Waals surface area contributed by atoms with Gasteiger partial charge < -0.3 is 14.6 Å². The molecule has 1 saturated heterocycles. The van der Waals surface area contributed by atoms with Gasteiger partial charge in [-0.25, -0.2) is 0 Å². The van der Waals surface area contributed by atoms with E-state index in [-0.39, 0.29) is 12.1 Å². The molecule has 7 nitrogen and oxygen atoms in total. The Morgan fingerprint density at radius 1 is 1.42 bits per heavy atom. The van der Waals surface area contributed by atoms with Crippen LogP contribution in [0.2, 0.25) is 0 Å². The maximum atomic E-state index is 5.94. The first-order valence-electron chi connectivity index (χ1n) is 8.91. The van der Waals surface area contributed by atoms with Crippen LogP contribution in [0.4, 0.5) is 0 Å². The summed E-state index contributed by atoms with van der Waals surface area (Å²) in [6.07, 6.45) is 7.05. The second-order valence-electron chi connectivity index (χ2n) is 6.40. The highest BCUT2D eigenvalue weighted by Crippen LogP contribution is 2.34. The molecule has 1 aliphatic rings. The lowest BCUT2D eigenvalue weighted by Gasteiger charge is -2.19. The van der Waals surface area contributed by atoms with Gasteiger partial charge in [-0.05, 0) is 26.7 Å². The average Bonchev–Trinajstić information content (AvgIpc) is 3.32. The van der Waals surface area contributed by atoms with Gasteiger partial charge in [0.1, 0.15) is 0 Å². The van der Waals surface area contributed by atoms with E-state index in [0.29, 0.717) is 11.8 Å². The molecule has 0 bridgehead atoms. The van der Waals surface area contributed by atoms with Gasteiger partial charge in [0.05, 0.1) is 18.3 Å². The first-order valence-corrected chi connectivity index (χ1v) is 8.91. The average molecular weight is 333 g/mol. The van der Waals surface area contributed by atoms with Crippen LogP contribution < -0.4 is 5.32 Å². The first-order chi connectivity index (χ1) is 11.7. The molecular formula is C17H27N5O2. The predicted octanol–water partition coefficient (Wildman–Crippen LogP) is 2.67. The lowest BCUT2D eigenvalue weighted by atomic mass is 9.97. The van der Waals surface area contributed by atoms with Gasteiger partial charge in [0.25, 0.3) is 0 Å². The van der Waals surface area contributed by atoms with Crippen LogP contribution in [0.3, 0.4) is 0 Å². The van der Waals surface area contributed by atoms with Crippen LogP contribution in [0.5, 0.6) is 0 Å². The van der Waals surface area contributed by atoms with Gasteiger partial charge in [-0.3, -0.25) is 4.68 Å². The molecule has 3 atom stereocenters. The summed E-state index contributed by atoms with van der Waals surface area (Å²) in [6, 6.07) is 0.0442. The van der Waals surface area contributed by atoms with Crippen molar-refractivity contribution in [3.8, 4) is 0 Å². The number of nitrogens with one attached hydrogen (secondary N) is 1. The van der Waals surface area contributed by atoms with Crippen LogP contribution in [-0.2, 0) is 17.7 Å². The maximum Gasteiger partial charge on any atom is 0.243 e. The van der Waals surface area contributed by atoms with Gasteiger partial charge in [-0.2, -0.15) is 10.1 Å². The molecule has 1 N–H and O–H groups in total. The van der Waals surface area contributed by atoms with Gasteiger partial charge in [-0.1, -0.05) is 12.1 Å². The highest BCUT2D eigenvalue weighted by atomic mass is 16.5. The monoisotopic (exact) mass is 333 g/mol. The molecule has 2 aromatic rings. The third-order valence-corrected chi connectivity index (χ3v) is 4.53. The zero-order valence-corrected chi connectivity index (χ0v) is 14.7. The molecule has 0 amide bonds. The van der Waals surface area contributed by atoms with Crippen molar-refractivity contribution in [2.75, 3.05) is 13.2 Å². The summed E-state index contributed by atoms with van der Waals surface area (Å²) in [4.78, 5) is 4.45. The van der Waals surface area contributed by atoms with Gasteiger partial charge >= 0.3 is 0 Å². The molecule has 24 heavy (non-hydrogen) atoms. The summed E-state index contributed by atoms with van der Waals surface area (Å²) in [5.74, 6) is 1.88. The van der Waals surface area contributed by atoms with Crippen molar-refractivity contribution in [2.24, 2.45) is 5.92 Å². The minimum absolute atomic E-state index is 0.0442. The van der Waals surface area contributed by atoms with Crippen molar-refractivity contribution in [1.82, 2.24) is 25.2 Å². The van der Waals surface area contributed by atoms with E-state index in [0.717, 1.165) is 50.3 Å². The molecule has 3 rings (SSSR count). The number of hydrogen-bond acceptors (Lipinski definition) is 6. The Balaban J connectivity index is 1.56. The van der Waals surface area contributed by atoms with Crippen molar-refractivity contribution in [1.29, 1.82) is 0 Å². The third kappa shape index (κ3) is 3.84. The number of ether oxygens (including phenoxy) is 1. The molecule has 0 aliphatic carbocycles. The highest BCUT2D eigenvalue weighted by Gasteiger charge is 2.31. The Labute approximate surface area is 142 Å². The molecule has 0 radical (unpaired) electrons. The number of rotatable bonds is 8. The van der Waals surface area contributed by atoms with Crippen molar-refractivity contribution in [3.05, 3.63) is 29.7 Å². The Morgan fingerprint density at radius 3 is 3.04 bits per heavy atom. The molecule has 3 heterocycles. The molecule has 1 aliphatic heterocycles. The van der Waals surface area contributed by atoms with Crippen molar-refractivity contribution in [2.45, 2.75) is 58.7 Å². The van der Waals surface area contributed by atoms with E-state index >= 15 is 0 Å². The number of nitrogens with zero attached hydrogens (tertiary/aromatic N) is 4. The third-order valence-electron chi connectivity index (χ3n) is 4.53. The molecule has 7 heteroatoms. The molecule has 1 fully saturated rings. The molecule has 0 spiro atoms. The molecule has 2 aromatic heterocycles. The zero-order valence-electron chi connectivity index (χ0n) is 14.7. The Morgan fingerprint density at radius 2 is 2.29 bits per heavy atom. The summed E-state index contributed by atoms with van der Waals surface area (Å²) in [5, 5.41) is 11.9. The fourth-order valence-corrected chi connectivity index (χ4v) is 3.09. The van der Waals surface area contributed by atoms with E-state index in [4.69, 9.17) is 9.26 Å². The van der Waals surface area contributed by atoms with Gasteiger partial charge in [0, 0.05) is 43.8 Å². The van der Waals surface area contributed by atoms with Gasteiger partial charge in [0.2, 0.25) is 5.89 Å². The Kier molecular flexibility index (Phi) is 5.63. The van der Waals surface area contributed by atoms with E-state index in [1.807, 2.05) is 10.9 Å². The van der Waals surface area contributed by atoms with Crippen molar-refractivity contribution >= 4 is 0 Å². The molecule has 0 unspecified atom stereocenters. The molecule has 132 valence electrons. The minimum Gasteiger partial charge on any atom is -0.373 e. The summed E-state index contributed by atoms with van der Waals surface area (Å²) in [7, 11) is 0.